The molecule has 3 aromatic heterocycles. The Bertz CT molecular complexity index is 924. The van der Waals surface area contributed by atoms with E-state index in [0.717, 1.165) is 44.2 Å². The zero-order valence-electron chi connectivity index (χ0n) is 16.8. The summed E-state index contributed by atoms with van der Waals surface area (Å²) in [6.07, 6.45) is 12.8. The maximum absolute atomic E-state index is 12.4. The quantitative estimate of drug-likeness (QED) is 0.640. The Balaban J connectivity index is 1.29. The number of amides is 1. The van der Waals surface area contributed by atoms with Gasteiger partial charge in [0.2, 0.25) is 0 Å². The third-order valence-electron chi connectivity index (χ3n) is 5.79. The summed E-state index contributed by atoms with van der Waals surface area (Å²) in [5.74, 6) is 0.924. The molecule has 0 bridgehead atoms. The van der Waals surface area contributed by atoms with E-state index >= 15 is 0 Å². The monoisotopic (exact) mass is 392 g/mol. The van der Waals surface area contributed by atoms with Crippen molar-refractivity contribution in [3.63, 3.8) is 0 Å². The first kappa shape index (κ1) is 19.4. The van der Waals surface area contributed by atoms with Crippen molar-refractivity contribution in [3.8, 4) is 11.1 Å². The van der Waals surface area contributed by atoms with Crippen molar-refractivity contribution in [1.82, 2.24) is 30.3 Å². The highest BCUT2D eigenvalue weighted by atomic mass is 16.1. The van der Waals surface area contributed by atoms with Gasteiger partial charge >= 0.3 is 0 Å². The van der Waals surface area contributed by atoms with Gasteiger partial charge < -0.3 is 5.32 Å². The van der Waals surface area contributed by atoms with Gasteiger partial charge in [-0.05, 0) is 61.8 Å². The summed E-state index contributed by atoms with van der Waals surface area (Å²) in [5.41, 5.74) is 4.05. The number of pyridine rings is 1. The maximum atomic E-state index is 12.4. The number of carbonyl (C=O) groups is 1. The van der Waals surface area contributed by atoms with Crippen molar-refractivity contribution in [2.45, 2.75) is 51.5 Å². The molecule has 0 aromatic carbocycles. The van der Waals surface area contributed by atoms with Crippen molar-refractivity contribution in [2.75, 3.05) is 6.54 Å². The van der Waals surface area contributed by atoms with Gasteiger partial charge in [0.15, 0.2) is 0 Å². The van der Waals surface area contributed by atoms with Gasteiger partial charge in [-0.3, -0.25) is 19.6 Å². The minimum atomic E-state index is -0.0736. The zero-order chi connectivity index (χ0) is 20.1. The number of hydrogen-bond donors (Lipinski definition) is 2. The van der Waals surface area contributed by atoms with Crippen LogP contribution in [0.4, 0.5) is 0 Å². The standard InChI is InChI=1S/C22H28N6O/c1-2-12-28-13-9-20(27-28)22(29)24-14-16-3-5-18(6-4-16)21-19(15-25-26-21)17-7-10-23-11-8-17/h7-11,13,15-16,18H,2-6,12,14H2,1H3,(H,24,29)(H,25,26). The number of nitrogens with zero attached hydrogens (tertiary/aromatic N) is 4. The van der Waals surface area contributed by atoms with Gasteiger partial charge in [-0.1, -0.05) is 6.92 Å². The molecule has 29 heavy (non-hydrogen) atoms. The number of hydrogen-bond acceptors (Lipinski definition) is 4. The van der Waals surface area contributed by atoms with E-state index < -0.39 is 0 Å². The molecule has 0 saturated heterocycles. The van der Waals surface area contributed by atoms with E-state index in [-0.39, 0.29) is 5.91 Å². The van der Waals surface area contributed by atoms with Crippen LogP contribution in [0.15, 0.2) is 43.0 Å². The molecule has 3 heterocycles. The largest absolute Gasteiger partial charge is 0.350 e. The molecule has 152 valence electrons. The van der Waals surface area contributed by atoms with Crippen LogP contribution in [0.5, 0.6) is 0 Å². The lowest BCUT2D eigenvalue weighted by Gasteiger charge is -2.28. The molecular formula is C22H28N6O. The highest BCUT2D eigenvalue weighted by Crippen LogP contribution is 2.38. The Labute approximate surface area is 170 Å². The number of aromatic amines is 1. The second-order valence-corrected chi connectivity index (χ2v) is 7.82. The molecular weight excluding hydrogens is 364 g/mol. The Morgan fingerprint density at radius 2 is 2.00 bits per heavy atom. The van der Waals surface area contributed by atoms with Crippen LogP contribution < -0.4 is 5.32 Å². The normalized spacial score (nSPS) is 19.2. The van der Waals surface area contributed by atoms with E-state index in [9.17, 15) is 4.79 Å². The van der Waals surface area contributed by atoms with Crippen LogP contribution >= 0.6 is 0 Å². The SMILES string of the molecule is CCCn1ccc(C(=O)NCC2CCC(c3[nH]ncc3-c3ccncc3)CC2)n1. The second-order valence-electron chi connectivity index (χ2n) is 7.82. The van der Waals surface area contributed by atoms with Crippen molar-refractivity contribution >= 4 is 5.91 Å². The Morgan fingerprint density at radius 1 is 1.21 bits per heavy atom. The summed E-state index contributed by atoms with van der Waals surface area (Å²) in [6, 6.07) is 5.84. The Morgan fingerprint density at radius 3 is 2.76 bits per heavy atom. The molecule has 4 rings (SSSR count). The molecule has 0 aliphatic heterocycles. The first-order chi connectivity index (χ1) is 14.2. The van der Waals surface area contributed by atoms with Crippen molar-refractivity contribution in [2.24, 2.45) is 5.92 Å². The van der Waals surface area contributed by atoms with Crippen LogP contribution in [0.2, 0.25) is 0 Å². The van der Waals surface area contributed by atoms with Gasteiger partial charge in [0.1, 0.15) is 5.69 Å². The Hall–Kier alpha value is -2.96. The summed E-state index contributed by atoms with van der Waals surface area (Å²) in [4.78, 5) is 16.5. The van der Waals surface area contributed by atoms with Gasteiger partial charge in [-0.15, -0.1) is 0 Å². The highest BCUT2D eigenvalue weighted by Gasteiger charge is 2.26. The molecule has 7 nitrogen and oxygen atoms in total. The molecule has 2 N–H and O–H groups in total. The average Bonchev–Trinajstić information content (AvgIpc) is 3.43. The molecule has 1 saturated carbocycles. The van der Waals surface area contributed by atoms with Crippen LogP contribution in [0.3, 0.4) is 0 Å². The van der Waals surface area contributed by atoms with Gasteiger partial charge in [0.05, 0.1) is 6.20 Å². The topological polar surface area (TPSA) is 88.5 Å². The maximum Gasteiger partial charge on any atom is 0.271 e. The molecule has 1 aliphatic rings. The summed E-state index contributed by atoms with van der Waals surface area (Å²) in [7, 11) is 0. The minimum Gasteiger partial charge on any atom is -0.350 e. The fourth-order valence-electron chi connectivity index (χ4n) is 4.19. The predicted octanol–water partition coefficient (Wildman–Crippen LogP) is 3.78. The molecule has 7 heteroatoms. The van der Waals surface area contributed by atoms with Gasteiger partial charge in [0, 0.05) is 48.9 Å². The molecule has 0 radical (unpaired) electrons. The lowest BCUT2D eigenvalue weighted by atomic mass is 9.79. The van der Waals surface area contributed by atoms with Crippen LogP contribution in [0.1, 0.15) is 61.1 Å². The number of aromatic nitrogens is 5. The average molecular weight is 393 g/mol. The first-order valence-corrected chi connectivity index (χ1v) is 10.5. The Kier molecular flexibility index (Phi) is 6.03. The smallest absolute Gasteiger partial charge is 0.271 e. The van der Waals surface area contributed by atoms with Crippen molar-refractivity contribution in [1.29, 1.82) is 0 Å². The van der Waals surface area contributed by atoms with Crippen LogP contribution in [0.25, 0.3) is 11.1 Å². The second kappa shape index (κ2) is 9.03. The van der Waals surface area contributed by atoms with E-state index in [1.807, 2.05) is 41.6 Å². The third-order valence-corrected chi connectivity index (χ3v) is 5.79. The van der Waals surface area contributed by atoms with E-state index in [1.54, 1.807) is 6.07 Å². The van der Waals surface area contributed by atoms with Gasteiger partial charge in [-0.25, -0.2) is 0 Å². The van der Waals surface area contributed by atoms with E-state index in [1.165, 1.54) is 11.3 Å². The molecule has 1 amide bonds. The van der Waals surface area contributed by atoms with Crippen LogP contribution in [-0.4, -0.2) is 37.4 Å². The molecule has 0 spiro atoms. The van der Waals surface area contributed by atoms with Gasteiger partial charge in [-0.2, -0.15) is 10.2 Å². The number of carbonyl (C=O) groups excluding carboxylic acids is 1. The third kappa shape index (κ3) is 4.55. The summed E-state index contributed by atoms with van der Waals surface area (Å²) in [5, 5.41) is 14.9. The van der Waals surface area contributed by atoms with E-state index in [4.69, 9.17) is 0 Å². The van der Waals surface area contributed by atoms with Gasteiger partial charge in [0.25, 0.3) is 5.91 Å². The van der Waals surface area contributed by atoms with Crippen molar-refractivity contribution < 1.29 is 4.79 Å². The molecule has 1 fully saturated rings. The van der Waals surface area contributed by atoms with E-state index in [0.29, 0.717) is 24.1 Å². The fraction of sp³-hybridized carbons (Fsp3) is 0.455. The summed E-state index contributed by atoms with van der Waals surface area (Å²) >= 11 is 0. The molecule has 0 unspecified atom stereocenters. The molecule has 1 aliphatic carbocycles. The van der Waals surface area contributed by atoms with E-state index in [2.05, 4.69) is 32.5 Å². The van der Waals surface area contributed by atoms with Crippen molar-refractivity contribution in [3.05, 3.63) is 54.4 Å². The first-order valence-electron chi connectivity index (χ1n) is 10.5. The number of H-pyrrole nitrogens is 1. The van der Waals surface area contributed by atoms with Crippen LogP contribution in [-0.2, 0) is 6.54 Å². The number of rotatable bonds is 7. The molecule has 3 aromatic rings. The summed E-state index contributed by atoms with van der Waals surface area (Å²) < 4.78 is 1.82. The summed E-state index contributed by atoms with van der Waals surface area (Å²) in [6.45, 7) is 3.65. The fourth-order valence-corrected chi connectivity index (χ4v) is 4.19. The molecule has 0 atom stereocenters. The van der Waals surface area contributed by atoms with Crippen LogP contribution in [0, 0.1) is 5.92 Å². The predicted molar refractivity (Wildman–Crippen MR) is 111 cm³/mol. The number of aryl methyl sites for hydroxylation is 1. The lowest BCUT2D eigenvalue weighted by molar-refractivity contribution is 0.0937. The zero-order valence-corrected chi connectivity index (χ0v) is 16.8. The number of nitrogens with one attached hydrogen (secondary N) is 2. The lowest BCUT2D eigenvalue weighted by Crippen LogP contribution is -2.31. The highest BCUT2D eigenvalue weighted by molar-refractivity contribution is 5.92. The minimum absolute atomic E-state index is 0.0736.